The predicted molar refractivity (Wildman–Crippen MR) is 76.9 cm³/mol. The first-order valence-electron chi connectivity index (χ1n) is 6.37. The summed E-state index contributed by atoms with van der Waals surface area (Å²) in [5.41, 5.74) is 5.44. The molecule has 0 unspecified atom stereocenters. The van der Waals surface area contributed by atoms with E-state index in [1.165, 1.54) is 18.2 Å². The fourth-order valence-corrected chi connectivity index (χ4v) is 1.88. The van der Waals surface area contributed by atoms with E-state index in [2.05, 4.69) is 10.4 Å². The summed E-state index contributed by atoms with van der Waals surface area (Å²) in [7, 11) is 0. The lowest BCUT2D eigenvalue weighted by Gasteiger charge is -2.08. The zero-order valence-electron chi connectivity index (χ0n) is 11.2. The average Bonchev–Trinajstić information content (AvgIpc) is 2.96. The number of nitro groups is 1. The molecule has 0 aliphatic rings. The Labute approximate surface area is 120 Å². The van der Waals surface area contributed by atoms with E-state index in [0.29, 0.717) is 18.8 Å². The van der Waals surface area contributed by atoms with Crippen LogP contribution in [0.4, 0.5) is 11.4 Å². The summed E-state index contributed by atoms with van der Waals surface area (Å²) in [4.78, 5) is 21.5. The molecule has 0 atom stereocenters. The number of hydrogen-bond acceptors (Lipinski definition) is 5. The number of aromatic nitrogens is 2. The van der Waals surface area contributed by atoms with Crippen LogP contribution in [0.3, 0.4) is 0 Å². The molecule has 21 heavy (non-hydrogen) atoms. The number of nitro benzene ring substituents is 1. The number of nitrogens with one attached hydrogen (secondary N) is 1. The molecule has 1 aromatic heterocycles. The van der Waals surface area contributed by atoms with E-state index in [1.54, 1.807) is 10.9 Å². The maximum atomic E-state index is 11.0. The van der Waals surface area contributed by atoms with E-state index in [9.17, 15) is 14.9 Å². The zero-order valence-corrected chi connectivity index (χ0v) is 11.2. The SMILES string of the molecule is NC(=O)c1ccc(NCCCn2cccn2)c([N+](=O)[O-])c1. The lowest BCUT2D eigenvalue weighted by molar-refractivity contribution is -0.384. The average molecular weight is 289 g/mol. The van der Waals surface area contributed by atoms with Crippen LogP contribution >= 0.6 is 0 Å². The quantitative estimate of drug-likeness (QED) is 0.454. The fraction of sp³-hybridized carbons (Fsp3) is 0.231. The van der Waals surface area contributed by atoms with Crippen LogP contribution in [-0.2, 0) is 6.54 Å². The van der Waals surface area contributed by atoms with Crippen LogP contribution in [0.25, 0.3) is 0 Å². The highest BCUT2D eigenvalue weighted by molar-refractivity contribution is 5.94. The minimum Gasteiger partial charge on any atom is -0.379 e. The first-order chi connectivity index (χ1) is 10.1. The molecule has 0 saturated carbocycles. The molecule has 0 spiro atoms. The van der Waals surface area contributed by atoms with Gasteiger partial charge in [0, 0.05) is 37.1 Å². The van der Waals surface area contributed by atoms with Crippen molar-refractivity contribution < 1.29 is 9.72 Å². The topological polar surface area (TPSA) is 116 Å². The Morgan fingerprint density at radius 1 is 1.48 bits per heavy atom. The number of rotatable bonds is 7. The van der Waals surface area contributed by atoms with Gasteiger partial charge in [0.25, 0.3) is 5.69 Å². The third-order valence-corrected chi connectivity index (χ3v) is 2.92. The maximum absolute atomic E-state index is 11.0. The molecule has 3 N–H and O–H groups in total. The molecule has 1 aromatic carbocycles. The fourth-order valence-electron chi connectivity index (χ4n) is 1.88. The van der Waals surface area contributed by atoms with E-state index >= 15 is 0 Å². The molecular formula is C13H15N5O3. The number of hydrogen-bond donors (Lipinski definition) is 2. The van der Waals surface area contributed by atoms with E-state index in [1.807, 2.05) is 12.3 Å². The van der Waals surface area contributed by atoms with Crippen LogP contribution in [0.2, 0.25) is 0 Å². The molecule has 110 valence electrons. The molecule has 8 heteroatoms. The summed E-state index contributed by atoms with van der Waals surface area (Å²) >= 11 is 0. The largest absolute Gasteiger partial charge is 0.379 e. The Hall–Kier alpha value is -2.90. The van der Waals surface area contributed by atoms with Gasteiger partial charge in [-0.2, -0.15) is 5.10 Å². The number of carbonyl (C=O) groups excluding carboxylic acids is 1. The molecule has 0 bridgehead atoms. The second kappa shape index (κ2) is 6.51. The number of aryl methyl sites for hydroxylation is 1. The Balaban J connectivity index is 1.98. The van der Waals surface area contributed by atoms with Crippen molar-refractivity contribution in [2.24, 2.45) is 5.73 Å². The molecule has 8 nitrogen and oxygen atoms in total. The number of primary amides is 1. The summed E-state index contributed by atoms with van der Waals surface area (Å²) < 4.78 is 1.78. The molecule has 0 saturated heterocycles. The van der Waals surface area contributed by atoms with Gasteiger partial charge in [-0.05, 0) is 24.6 Å². The van der Waals surface area contributed by atoms with Gasteiger partial charge in [0.1, 0.15) is 5.69 Å². The molecule has 0 fully saturated rings. The highest BCUT2D eigenvalue weighted by Crippen LogP contribution is 2.25. The van der Waals surface area contributed by atoms with E-state index in [4.69, 9.17) is 5.73 Å². The van der Waals surface area contributed by atoms with Gasteiger partial charge in [-0.1, -0.05) is 0 Å². The van der Waals surface area contributed by atoms with E-state index < -0.39 is 10.8 Å². The number of amides is 1. The maximum Gasteiger partial charge on any atom is 0.293 e. The van der Waals surface area contributed by atoms with Gasteiger partial charge >= 0.3 is 0 Å². The predicted octanol–water partition coefficient (Wildman–Crippen LogP) is 1.39. The lowest BCUT2D eigenvalue weighted by Crippen LogP contribution is -2.12. The molecule has 2 rings (SSSR count). The molecule has 0 aliphatic heterocycles. The van der Waals surface area contributed by atoms with Crippen LogP contribution in [0.1, 0.15) is 16.8 Å². The van der Waals surface area contributed by atoms with Crippen LogP contribution in [-0.4, -0.2) is 27.2 Å². The number of anilines is 1. The van der Waals surface area contributed by atoms with E-state index in [0.717, 1.165) is 6.42 Å². The lowest BCUT2D eigenvalue weighted by atomic mass is 10.1. The molecule has 1 amide bonds. The van der Waals surface area contributed by atoms with Gasteiger partial charge in [-0.15, -0.1) is 0 Å². The van der Waals surface area contributed by atoms with E-state index in [-0.39, 0.29) is 11.3 Å². The summed E-state index contributed by atoms with van der Waals surface area (Å²) in [6.07, 6.45) is 4.31. The number of nitrogens with zero attached hydrogens (tertiary/aromatic N) is 3. The van der Waals surface area contributed by atoms with Crippen molar-refractivity contribution in [3.8, 4) is 0 Å². The summed E-state index contributed by atoms with van der Waals surface area (Å²) in [5.74, 6) is -0.691. The number of benzene rings is 1. The normalized spacial score (nSPS) is 10.3. The van der Waals surface area contributed by atoms with Gasteiger partial charge in [-0.3, -0.25) is 19.6 Å². The smallest absolute Gasteiger partial charge is 0.293 e. The van der Waals surface area contributed by atoms with Crippen LogP contribution in [0.15, 0.2) is 36.7 Å². The zero-order chi connectivity index (χ0) is 15.2. The van der Waals surface area contributed by atoms with Crippen molar-refractivity contribution in [1.82, 2.24) is 9.78 Å². The molecular weight excluding hydrogens is 274 g/mol. The van der Waals surface area contributed by atoms with Gasteiger partial charge in [0.05, 0.1) is 4.92 Å². The van der Waals surface area contributed by atoms with Gasteiger partial charge in [0.15, 0.2) is 0 Å². The Morgan fingerprint density at radius 3 is 2.90 bits per heavy atom. The van der Waals surface area contributed by atoms with Gasteiger partial charge in [0.2, 0.25) is 5.91 Å². The Morgan fingerprint density at radius 2 is 2.29 bits per heavy atom. The number of nitrogens with two attached hydrogens (primary N) is 1. The van der Waals surface area contributed by atoms with Gasteiger partial charge in [-0.25, -0.2) is 0 Å². The highest BCUT2D eigenvalue weighted by atomic mass is 16.6. The minimum atomic E-state index is -0.691. The first kappa shape index (κ1) is 14.5. The van der Waals surface area contributed by atoms with Crippen molar-refractivity contribution in [2.45, 2.75) is 13.0 Å². The Bertz CT molecular complexity index is 639. The van der Waals surface area contributed by atoms with Crippen molar-refractivity contribution in [1.29, 1.82) is 0 Å². The first-order valence-corrected chi connectivity index (χ1v) is 6.37. The second-order valence-corrected chi connectivity index (χ2v) is 4.40. The Kier molecular flexibility index (Phi) is 4.50. The second-order valence-electron chi connectivity index (χ2n) is 4.40. The van der Waals surface area contributed by atoms with Crippen molar-refractivity contribution >= 4 is 17.3 Å². The van der Waals surface area contributed by atoms with Crippen LogP contribution < -0.4 is 11.1 Å². The van der Waals surface area contributed by atoms with Crippen molar-refractivity contribution in [3.63, 3.8) is 0 Å². The van der Waals surface area contributed by atoms with Crippen molar-refractivity contribution in [3.05, 3.63) is 52.3 Å². The molecule has 2 aromatic rings. The summed E-state index contributed by atoms with van der Waals surface area (Å²) in [6, 6.07) is 5.97. The highest BCUT2D eigenvalue weighted by Gasteiger charge is 2.16. The standard InChI is InChI=1S/C13H15N5O3/c14-13(19)10-3-4-11(12(9-10)18(20)21)15-5-1-7-17-8-2-6-16-17/h2-4,6,8-9,15H,1,5,7H2,(H2,14,19). The summed E-state index contributed by atoms with van der Waals surface area (Å²) in [6.45, 7) is 1.27. The molecule has 1 heterocycles. The van der Waals surface area contributed by atoms with Crippen LogP contribution in [0, 0.1) is 10.1 Å². The third-order valence-electron chi connectivity index (χ3n) is 2.92. The van der Waals surface area contributed by atoms with Crippen LogP contribution in [0.5, 0.6) is 0 Å². The third kappa shape index (κ3) is 3.78. The minimum absolute atomic E-state index is 0.115. The number of carbonyl (C=O) groups is 1. The molecule has 0 radical (unpaired) electrons. The molecule has 0 aliphatic carbocycles. The monoisotopic (exact) mass is 289 g/mol. The van der Waals surface area contributed by atoms with Gasteiger partial charge < -0.3 is 11.1 Å². The summed E-state index contributed by atoms with van der Waals surface area (Å²) in [5, 5.41) is 18.1. The van der Waals surface area contributed by atoms with Crippen molar-refractivity contribution in [2.75, 3.05) is 11.9 Å².